The van der Waals surface area contributed by atoms with Crippen molar-refractivity contribution in [3.8, 4) is 0 Å². The molecule has 0 spiro atoms. The van der Waals surface area contributed by atoms with Crippen LogP contribution in [0, 0.1) is 5.92 Å². The van der Waals surface area contributed by atoms with Gasteiger partial charge in [-0.1, -0.05) is 6.42 Å². The number of likely N-dealkylation sites (N-methyl/N-ethyl adjacent to an activating group) is 2. The quantitative estimate of drug-likeness (QED) is 0.678. The van der Waals surface area contributed by atoms with Gasteiger partial charge < -0.3 is 20.7 Å². The molecular weight excluding hydrogens is 242 g/mol. The zero-order valence-corrected chi connectivity index (χ0v) is 12.7. The van der Waals surface area contributed by atoms with E-state index in [1.807, 2.05) is 7.05 Å². The summed E-state index contributed by atoms with van der Waals surface area (Å²) in [4.78, 5) is 14.1. The van der Waals surface area contributed by atoms with Gasteiger partial charge in [0.05, 0.1) is 6.61 Å². The van der Waals surface area contributed by atoms with Crippen LogP contribution >= 0.6 is 0 Å². The first-order valence-electron chi connectivity index (χ1n) is 7.16. The average Bonchev–Trinajstić information content (AvgIpc) is 2.80. The molecule has 19 heavy (non-hydrogen) atoms. The lowest BCUT2D eigenvalue weighted by molar-refractivity contribution is -0.125. The summed E-state index contributed by atoms with van der Waals surface area (Å²) in [6.07, 6.45) is 4.01. The Bertz CT molecular complexity index is 298. The van der Waals surface area contributed by atoms with Crippen molar-refractivity contribution in [3.05, 3.63) is 0 Å². The van der Waals surface area contributed by atoms with Crippen molar-refractivity contribution in [2.45, 2.75) is 44.2 Å². The number of nitrogens with two attached hydrogens (primary N) is 1. The highest BCUT2D eigenvalue weighted by molar-refractivity contribution is 5.85. The largest absolute Gasteiger partial charge is 0.383 e. The normalized spacial score (nSPS) is 28.8. The Balaban J connectivity index is 2.54. The number of primary amides is 1. The summed E-state index contributed by atoms with van der Waals surface area (Å²) >= 11 is 0. The molecule has 0 bridgehead atoms. The Morgan fingerprint density at radius 1 is 1.63 bits per heavy atom. The molecule has 0 aromatic carbocycles. The third-order valence-corrected chi connectivity index (χ3v) is 4.70. The van der Waals surface area contributed by atoms with Crippen LogP contribution in [0.3, 0.4) is 0 Å². The summed E-state index contributed by atoms with van der Waals surface area (Å²) in [5.74, 6) is 0.136. The molecule has 0 aliphatic heterocycles. The number of carbonyl (C=O) groups is 1. The monoisotopic (exact) mass is 271 g/mol. The van der Waals surface area contributed by atoms with Crippen LogP contribution in [0.4, 0.5) is 0 Å². The van der Waals surface area contributed by atoms with Crippen LogP contribution < -0.4 is 11.1 Å². The van der Waals surface area contributed by atoms with E-state index in [2.05, 4.69) is 24.2 Å². The fourth-order valence-corrected chi connectivity index (χ4v) is 3.19. The summed E-state index contributed by atoms with van der Waals surface area (Å²) in [5, 5.41) is 3.19. The number of ether oxygens (including phenoxy) is 1. The third-order valence-electron chi connectivity index (χ3n) is 4.70. The van der Waals surface area contributed by atoms with E-state index < -0.39 is 5.54 Å². The molecule has 3 unspecified atom stereocenters. The van der Waals surface area contributed by atoms with Gasteiger partial charge in [-0.25, -0.2) is 0 Å². The molecule has 0 aromatic rings. The summed E-state index contributed by atoms with van der Waals surface area (Å²) < 4.78 is 5.17. The Kier molecular flexibility index (Phi) is 6.23. The Morgan fingerprint density at radius 2 is 2.32 bits per heavy atom. The molecule has 3 atom stereocenters. The van der Waals surface area contributed by atoms with E-state index >= 15 is 0 Å². The first-order valence-corrected chi connectivity index (χ1v) is 7.16. The number of hydrogen-bond acceptors (Lipinski definition) is 4. The average molecular weight is 271 g/mol. The van der Waals surface area contributed by atoms with Gasteiger partial charge in [0.2, 0.25) is 5.91 Å². The maximum Gasteiger partial charge on any atom is 0.238 e. The highest BCUT2D eigenvalue weighted by atomic mass is 16.5. The van der Waals surface area contributed by atoms with E-state index in [-0.39, 0.29) is 5.91 Å². The van der Waals surface area contributed by atoms with Gasteiger partial charge in [0, 0.05) is 13.2 Å². The van der Waals surface area contributed by atoms with Crippen LogP contribution in [0.15, 0.2) is 0 Å². The second-order valence-electron chi connectivity index (χ2n) is 5.75. The van der Waals surface area contributed by atoms with Gasteiger partial charge in [-0.2, -0.15) is 0 Å². The maximum atomic E-state index is 11.8. The highest BCUT2D eigenvalue weighted by Crippen LogP contribution is 2.37. The lowest BCUT2D eigenvalue weighted by Crippen LogP contribution is -2.57. The first-order chi connectivity index (χ1) is 8.97. The van der Waals surface area contributed by atoms with Gasteiger partial charge in [0.1, 0.15) is 5.54 Å². The lowest BCUT2D eigenvalue weighted by Gasteiger charge is -2.34. The van der Waals surface area contributed by atoms with Crippen LogP contribution in [0.2, 0.25) is 0 Å². The molecule has 1 aliphatic rings. The SMILES string of the molecule is CNC1(C(N)=O)CCCC1CCN(C)C(C)COC. The van der Waals surface area contributed by atoms with Crippen LogP contribution in [0.1, 0.15) is 32.6 Å². The number of rotatable bonds is 8. The van der Waals surface area contributed by atoms with E-state index in [1.165, 1.54) is 0 Å². The van der Waals surface area contributed by atoms with Crippen LogP contribution in [0.25, 0.3) is 0 Å². The summed E-state index contributed by atoms with van der Waals surface area (Å²) in [5.41, 5.74) is 5.12. The van der Waals surface area contributed by atoms with Crippen molar-refractivity contribution in [2.24, 2.45) is 11.7 Å². The first kappa shape index (κ1) is 16.4. The van der Waals surface area contributed by atoms with Gasteiger partial charge in [-0.3, -0.25) is 4.79 Å². The van der Waals surface area contributed by atoms with Crippen LogP contribution in [-0.2, 0) is 9.53 Å². The second-order valence-corrected chi connectivity index (χ2v) is 5.75. The summed E-state index contributed by atoms with van der Waals surface area (Å²) in [7, 11) is 5.67. The molecule has 1 aliphatic carbocycles. The fraction of sp³-hybridized carbons (Fsp3) is 0.929. The van der Waals surface area contributed by atoms with Gasteiger partial charge >= 0.3 is 0 Å². The number of carbonyl (C=O) groups excluding carboxylic acids is 1. The zero-order valence-electron chi connectivity index (χ0n) is 12.7. The van der Waals surface area contributed by atoms with E-state index in [0.717, 1.165) is 38.8 Å². The van der Waals surface area contributed by atoms with Gasteiger partial charge in [0.25, 0.3) is 0 Å². The molecule has 1 amide bonds. The van der Waals surface area contributed by atoms with Crippen molar-refractivity contribution < 1.29 is 9.53 Å². The Labute approximate surface area is 116 Å². The predicted octanol–water partition coefficient (Wildman–Crippen LogP) is 0.587. The van der Waals surface area contributed by atoms with Crippen molar-refractivity contribution in [1.29, 1.82) is 0 Å². The minimum atomic E-state index is -0.495. The van der Waals surface area contributed by atoms with E-state index in [4.69, 9.17) is 10.5 Å². The lowest BCUT2D eigenvalue weighted by atomic mass is 9.84. The molecule has 0 saturated heterocycles. The number of methoxy groups -OCH3 is 1. The predicted molar refractivity (Wildman–Crippen MR) is 76.9 cm³/mol. The zero-order chi connectivity index (χ0) is 14.5. The van der Waals surface area contributed by atoms with Crippen molar-refractivity contribution in [3.63, 3.8) is 0 Å². The number of nitrogens with one attached hydrogen (secondary N) is 1. The number of hydrogen-bond donors (Lipinski definition) is 2. The maximum absolute atomic E-state index is 11.8. The van der Waals surface area contributed by atoms with Crippen molar-refractivity contribution >= 4 is 5.91 Å². The molecule has 5 heteroatoms. The highest BCUT2D eigenvalue weighted by Gasteiger charge is 2.46. The van der Waals surface area contributed by atoms with Crippen molar-refractivity contribution in [2.75, 3.05) is 34.4 Å². The molecule has 1 saturated carbocycles. The summed E-state index contributed by atoms with van der Waals surface area (Å²) in [6, 6.07) is 0.393. The Morgan fingerprint density at radius 3 is 2.84 bits per heavy atom. The topological polar surface area (TPSA) is 67.6 Å². The third kappa shape index (κ3) is 3.68. The molecule has 1 rings (SSSR count). The van der Waals surface area contributed by atoms with Gasteiger partial charge in [-0.05, 0) is 52.7 Å². The van der Waals surface area contributed by atoms with E-state index in [1.54, 1.807) is 7.11 Å². The van der Waals surface area contributed by atoms with E-state index in [0.29, 0.717) is 12.0 Å². The molecule has 1 fully saturated rings. The number of nitrogens with zero attached hydrogens (tertiary/aromatic N) is 1. The fourth-order valence-electron chi connectivity index (χ4n) is 3.19. The number of amides is 1. The minimum absolute atomic E-state index is 0.204. The molecule has 5 nitrogen and oxygen atoms in total. The molecular formula is C14H29N3O2. The molecule has 112 valence electrons. The van der Waals surface area contributed by atoms with E-state index in [9.17, 15) is 4.79 Å². The molecule has 0 aromatic heterocycles. The van der Waals surface area contributed by atoms with Crippen molar-refractivity contribution in [1.82, 2.24) is 10.2 Å². The van der Waals surface area contributed by atoms with Gasteiger partial charge in [-0.15, -0.1) is 0 Å². The van der Waals surface area contributed by atoms with Crippen LogP contribution in [0.5, 0.6) is 0 Å². The molecule has 0 radical (unpaired) electrons. The Hall–Kier alpha value is -0.650. The molecule has 0 heterocycles. The standard InChI is InChI=1S/C14H29N3O2/c1-11(10-19-4)17(3)9-7-12-6-5-8-14(12,16-2)13(15)18/h11-12,16H,5-10H2,1-4H3,(H2,15,18). The molecule has 3 N–H and O–H groups in total. The van der Waals surface area contributed by atoms with Gasteiger partial charge in [0.15, 0.2) is 0 Å². The second kappa shape index (κ2) is 7.22. The minimum Gasteiger partial charge on any atom is -0.383 e. The van der Waals surface area contributed by atoms with Crippen LogP contribution in [-0.4, -0.2) is 56.7 Å². The smallest absolute Gasteiger partial charge is 0.238 e. The summed E-state index contributed by atoms with van der Waals surface area (Å²) in [6.45, 7) is 3.84.